The smallest absolute Gasteiger partial charge is 0.306 e. The van der Waals surface area contributed by atoms with Gasteiger partial charge in [-0.15, -0.1) is 0 Å². The van der Waals surface area contributed by atoms with Crippen LogP contribution in [0.5, 0.6) is 0 Å². The van der Waals surface area contributed by atoms with E-state index in [4.69, 9.17) is 18.9 Å². The Balaban J connectivity index is 4.17. The second-order valence-electron chi connectivity index (χ2n) is 22.3. The highest BCUT2D eigenvalue weighted by molar-refractivity contribution is 5.70. The number of carbonyl (C=O) groups excluding carboxylic acids is 3. The van der Waals surface area contributed by atoms with Gasteiger partial charge in [0.25, 0.3) is 0 Å². The first kappa shape index (κ1) is 73.5. The number of carbonyl (C=O) groups is 3. The van der Waals surface area contributed by atoms with Gasteiger partial charge in [-0.25, -0.2) is 0 Å². The number of esters is 2. The molecule has 0 aromatic heterocycles. The Labute approximate surface area is 474 Å². The highest BCUT2D eigenvalue weighted by Crippen LogP contribution is 2.17. The molecule has 9 heteroatoms. The molecule has 0 rings (SSSR count). The van der Waals surface area contributed by atoms with E-state index in [1.165, 1.54) is 148 Å². The fourth-order valence-corrected chi connectivity index (χ4v) is 8.81. The number of carboxylic acid groups (broad SMARTS) is 1. The molecule has 0 bridgehead atoms. The van der Waals surface area contributed by atoms with Crippen molar-refractivity contribution in [3.05, 3.63) is 85.1 Å². The van der Waals surface area contributed by atoms with E-state index in [1.54, 1.807) is 0 Å². The van der Waals surface area contributed by atoms with Crippen molar-refractivity contribution >= 4 is 17.9 Å². The summed E-state index contributed by atoms with van der Waals surface area (Å²) in [7, 11) is 5.93. The van der Waals surface area contributed by atoms with Crippen LogP contribution in [-0.2, 0) is 33.3 Å². The number of ether oxygens (including phenoxy) is 4. The van der Waals surface area contributed by atoms with E-state index in [0.717, 1.165) is 89.9 Å². The lowest BCUT2D eigenvalue weighted by molar-refractivity contribution is -0.870. The average molecular weight is 1080 g/mol. The van der Waals surface area contributed by atoms with E-state index < -0.39 is 24.3 Å². The van der Waals surface area contributed by atoms with Crippen LogP contribution < -0.4 is 5.11 Å². The lowest BCUT2D eigenvalue weighted by atomic mass is 10.0. The molecule has 2 unspecified atom stereocenters. The number of nitrogens with zero attached hydrogens (tertiary/aromatic N) is 1. The minimum absolute atomic E-state index is 0.146. The van der Waals surface area contributed by atoms with E-state index in [-0.39, 0.29) is 32.2 Å². The maximum Gasteiger partial charge on any atom is 0.306 e. The highest BCUT2D eigenvalue weighted by Gasteiger charge is 2.22. The number of allylic oxidation sites excluding steroid dienone is 14. The van der Waals surface area contributed by atoms with Gasteiger partial charge >= 0.3 is 11.9 Å². The first-order valence-electron chi connectivity index (χ1n) is 31.7. The van der Waals surface area contributed by atoms with Gasteiger partial charge in [0.15, 0.2) is 12.4 Å². The van der Waals surface area contributed by atoms with Crippen molar-refractivity contribution < 1.29 is 42.9 Å². The van der Waals surface area contributed by atoms with Crippen molar-refractivity contribution in [1.29, 1.82) is 0 Å². The highest BCUT2D eigenvalue weighted by atomic mass is 16.7. The van der Waals surface area contributed by atoms with Gasteiger partial charge in [0.2, 0.25) is 0 Å². The van der Waals surface area contributed by atoms with Gasteiger partial charge < -0.3 is 33.3 Å². The summed E-state index contributed by atoms with van der Waals surface area (Å²) in [5.74, 6) is -2.28. The topological polar surface area (TPSA) is 111 Å². The van der Waals surface area contributed by atoms with Crippen LogP contribution in [0.1, 0.15) is 271 Å². The Kier molecular flexibility index (Phi) is 55.9. The summed E-state index contributed by atoms with van der Waals surface area (Å²) in [6, 6.07) is 0. The van der Waals surface area contributed by atoms with Crippen molar-refractivity contribution in [2.75, 3.05) is 47.5 Å². The van der Waals surface area contributed by atoms with E-state index in [9.17, 15) is 19.5 Å². The Bertz CT molecular complexity index is 1540. The quantitative estimate of drug-likeness (QED) is 0.0195. The largest absolute Gasteiger partial charge is 0.545 e. The summed E-state index contributed by atoms with van der Waals surface area (Å²) in [5, 5.41) is 11.8. The molecule has 0 heterocycles. The summed E-state index contributed by atoms with van der Waals surface area (Å²) in [6.45, 7) is 4.66. The van der Waals surface area contributed by atoms with Crippen LogP contribution in [0.15, 0.2) is 85.1 Å². The second kappa shape index (κ2) is 58.6. The molecule has 0 aliphatic carbocycles. The fraction of sp³-hybridized carbons (Fsp3) is 0.750. The molecular weight excluding hydrogens is 959 g/mol. The van der Waals surface area contributed by atoms with E-state index >= 15 is 0 Å². The number of aliphatic carboxylic acids is 1. The van der Waals surface area contributed by atoms with Gasteiger partial charge in [-0.1, -0.05) is 272 Å². The van der Waals surface area contributed by atoms with Crippen molar-refractivity contribution in [2.45, 2.75) is 283 Å². The van der Waals surface area contributed by atoms with Gasteiger partial charge in [-0.2, -0.15) is 0 Å². The SMILES string of the molecule is CC/C=C\C/C=C\C/C=C\C/C=C\C/C=C\C/C=C\C/C=C\CCCCCCCCCCCCCC(=O)OC(COC(=O)CCCCCCCCCCCCCCCCCCCCC)COC(OCC[N+](C)(C)C)C(=O)[O-]. The third kappa shape index (κ3) is 60.0. The lowest BCUT2D eigenvalue weighted by Gasteiger charge is -2.26. The zero-order valence-corrected chi connectivity index (χ0v) is 50.6. The summed E-state index contributed by atoms with van der Waals surface area (Å²) in [6.07, 6.45) is 74.9. The zero-order chi connectivity index (χ0) is 56.2. The predicted molar refractivity (Wildman–Crippen MR) is 324 cm³/mol. The number of likely N-dealkylation sites (N-methyl/N-ethyl adjacent to an activating group) is 1. The molecule has 2 atom stereocenters. The molecule has 444 valence electrons. The summed E-state index contributed by atoms with van der Waals surface area (Å²) >= 11 is 0. The molecule has 0 spiro atoms. The molecule has 0 fully saturated rings. The third-order valence-electron chi connectivity index (χ3n) is 13.7. The van der Waals surface area contributed by atoms with Crippen molar-refractivity contribution in [2.24, 2.45) is 0 Å². The Morgan fingerprint density at radius 1 is 0.403 bits per heavy atom. The summed E-state index contributed by atoms with van der Waals surface area (Å²) in [4.78, 5) is 37.4. The van der Waals surface area contributed by atoms with Gasteiger partial charge in [0, 0.05) is 12.8 Å². The average Bonchev–Trinajstić information content (AvgIpc) is 3.40. The van der Waals surface area contributed by atoms with Gasteiger partial charge in [0.05, 0.1) is 40.3 Å². The monoisotopic (exact) mass is 1080 g/mol. The molecular formula is C68H119NO8. The maximum absolute atomic E-state index is 12.9. The Morgan fingerprint density at radius 2 is 0.740 bits per heavy atom. The number of quaternary nitrogens is 1. The number of carboxylic acids is 1. The van der Waals surface area contributed by atoms with Crippen LogP contribution in [0.4, 0.5) is 0 Å². The number of hydrogen-bond acceptors (Lipinski definition) is 8. The third-order valence-corrected chi connectivity index (χ3v) is 13.7. The van der Waals surface area contributed by atoms with Crippen LogP contribution in [0, 0.1) is 0 Å². The first-order valence-corrected chi connectivity index (χ1v) is 31.7. The predicted octanol–water partition coefficient (Wildman–Crippen LogP) is 17.8. The van der Waals surface area contributed by atoms with Crippen LogP contribution in [0.3, 0.4) is 0 Å². The van der Waals surface area contributed by atoms with E-state index in [1.807, 2.05) is 21.1 Å². The molecule has 0 radical (unpaired) electrons. The summed E-state index contributed by atoms with van der Waals surface area (Å²) in [5.41, 5.74) is 0. The standard InChI is InChI=1S/C68H119NO8/c1-6-8-10-12-14-16-18-20-22-24-26-27-28-29-30-31-32-33-34-35-36-37-38-39-41-43-45-47-49-51-53-55-57-59-66(71)77-64(63-76-68(67(72)73)74-61-60-69(3,4)5)62-75-65(70)58-56-54-52-50-48-46-44-42-40-25-23-21-19-17-15-13-11-9-7-2/h8,10,14,16,20,22,26-27,29-30,32-33,35-36,64,68H,6-7,9,11-13,15,17-19,21,23-25,28,31,34,37-63H2,1-5H3/b10-8-,16-14-,22-20-,27-26-,30-29-,33-32-,36-35-. The van der Waals surface area contributed by atoms with Crippen LogP contribution in [-0.4, -0.2) is 82.3 Å². The van der Waals surface area contributed by atoms with Crippen molar-refractivity contribution in [3.8, 4) is 0 Å². The maximum atomic E-state index is 12.9. The number of hydrogen-bond donors (Lipinski definition) is 0. The van der Waals surface area contributed by atoms with E-state index in [0.29, 0.717) is 23.9 Å². The van der Waals surface area contributed by atoms with Crippen molar-refractivity contribution in [3.63, 3.8) is 0 Å². The second-order valence-corrected chi connectivity index (χ2v) is 22.3. The van der Waals surface area contributed by atoms with Crippen LogP contribution >= 0.6 is 0 Å². The molecule has 0 aliphatic heterocycles. The molecule has 0 amide bonds. The number of rotatable bonds is 58. The fourth-order valence-electron chi connectivity index (χ4n) is 8.81. The molecule has 77 heavy (non-hydrogen) atoms. The summed E-state index contributed by atoms with van der Waals surface area (Å²) < 4.78 is 22.7. The molecule has 0 N–H and O–H groups in total. The molecule has 0 aromatic rings. The van der Waals surface area contributed by atoms with Gasteiger partial charge in [-0.05, 0) is 70.6 Å². The molecule has 9 nitrogen and oxygen atoms in total. The molecule has 0 aromatic carbocycles. The number of unbranched alkanes of at least 4 members (excludes halogenated alkanes) is 29. The minimum atomic E-state index is -1.62. The minimum Gasteiger partial charge on any atom is -0.545 e. The molecule has 0 saturated heterocycles. The van der Waals surface area contributed by atoms with Crippen molar-refractivity contribution in [1.82, 2.24) is 0 Å². The molecule has 0 saturated carbocycles. The zero-order valence-electron chi connectivity index (χ0n) is 50.6. The first-order chi connectivity index (χ1) is 37.6. The van der Waals surface area contributed by atoms with E-state index in [2.05, 4.69) is 98.9 Å². The van der Waals surface area contributed by atoms with Gasteiger partial charge in [-0.3, -0.25) is 9.59 Å². The Hall–Kier alpha value is -3.53. The molecule has 0 aliphatic rings. The van der Waals surface area contributed by atoms with Crippen LogP contribution in [0.25, 0.3) is 0 Å². The normalized spacial score (nSPS) is 13.3. The van der Waals surface area contributed by atoms with Crippen LogP contribution in [0.2, 0.25) is 0 Å². The van der Waals surface area contributed by atoms with Gasteiger partial charge in [0.1, 0.15) is 13.2 Å². The lowest BCUT2D eigenvalue weighted by Crippen LogP contribution is -2.44. The Morgan fingerprint density at radius 3 is 1.10 bits per heavy atom.